The normalized spacial score (nSPS) is 18.2. The molecule has 4 rings (SSSR count). The predicted octanol–water partition coefficient (Wildman–Crippen LogP) is 5.27. The van der Waals surface area contributed by atoms with Gasteiger partial charge in [-0.15, -0.1) is 0 Å². The van der Waals surface area contributed by atoms with Crippen LogP contribution < -0.4 is 4.74 Å². The highest BCUT2D eigenvalue weighted by atomic mass is 35.5. The molecule has 7 heteroatoms. The fourth-order valence-corrected chi connectivity index (χ4v) is 4.99. The summed E-state index contributed by atoms with van der Waals surface area (Å²) >= 11 is 6.38. The number of rotatable bonds is 4. The minimum atomic E-state index is -0.383. The van der Waals surface area contributed by atoms with Crippen molar-refractivity contribution in [3.8, 4) is 11.5 Å². The quantitative estimate of drug-likeness (QED) is 0.559. The molecule has 1 fully saturated rings. The van der Waals surface area contributed by atoms with E-state index >= 15 is 0 Å². The maximum Gasteiger partial charge on any atom is 0.178 e. The van der Waals surface area contributed by atoms with Gasteiger partial charge in [0.2, 0.25) is 0 Å². The largest absolute Gasteiger partial charge is 0.508 e. The molecule has 2 aromatic carbocycles. The molecule has 2 aromatic rings. The second-order valence-corrected chi connectivity index (χ2v) is 8.90. The van der Waals surface area contributed by atoms with Gasteiger partial charge in [-0.05, 0) is 57.1 Å². The molecule has 0 amide bonds. The number of likely N-dealkylation sites (tertiary alicyclic amines) is 1. The molecule has 30 heavy (non-hydrogen) atoms. The molecule has 0 aliphatic carbocycles. The van der Waals surface area contributed by atoms with Gasteiger partial charge in [-0.25, -0.2) is 0 Å². The van der Waals surface area contributed by atoms with Crippen molar-refractivity contribution in [2.45, 2.75) is 24.9 Å². The summed E-state index contributed by atoms with van der Waals surface area (Å²) in [6.07, 6.45) is 2.14. The number of nitrogens with zero attached hydrogens (tertiary/aromatic N) is 1. The number of aliphatic hydroxyl groups excluding tert-OH is 1. The number of aliphatic hydroxyl groups is 1. The van der Waals surface area contributed by atoms with Crippen LogP contribution in [0, 0.1) is 0 Å². The first-order valence-corrected chi connectivity index (χ1v) is 11.5. The van der Waals surface area contributed by atoms with Crippen LogP contribution in [-0.4, -0.2) is 40.1 Å². The van der Waals surface area contributed by atoms with Gasteiger partial charge in [0, 0.05) is 42.8 Å². The number of allylic oxidation sites excluding steroid dienone is 1. The zero-order valence-electron chi connectivity index (χ0n) is 16.8. The lowest BCUT2D eigenvalue weighted by molar-refractivity contribution is 0.253. The summed E-state index contributed by atoms with van der Waals surface area (Å²) in [7, 11) is 1.72. The average Bonchev–Trinajstić information content (AvgIpc) is 2.73. The third kappa shape index (κ3) is 3.72. The molecular weight excluding hydrogens is 421 g/mol. The van der Waals surface area contributed by atoms with Crippen LogP contribution >= 0.6 is 20.4 Å². The highest BCUT2D eigenvalue weighted by molar-refractivity contribution is 7.30. The molecule has 0 saturated carbocycles. The molecular formula is C23H25ClNO4P. The summed E-state index contributed by atoms with van der Waals surface area (Å²) in [5, 5.41) is 22.2. The van der Waals surface area contributed by atoms with E-state index < -0.39 is 0 Å². The molecule has 2 aliphatic heterocycles. The van der Waals surface area contributed by atoms with Crippen LogP contribution in [-0.2, 0) is 6.16 Å². The smallest absolute Gasteiger partial charge is 0.178 e. The Balaban J connectivity index is 1.89. The first kappa shape index (κ1) is 21.2. The van der Waals surface area contributed by atoms with E-state index in [9.17, 15) is 15.1 Å². The lowest BCUT2D eigenvalue weighted by Crippen LogP contribution is -2.29. The Labute approximate surface area is 183 Å². The van der Waals surface area contributed by atoms with Crippen molar-refractivity contribution < 1.29 is 19.8 Å². The second-order valence-electron chi connectivity index (χ2n) is 7.82. The van der Waals surface area contributed by atoms with Crippen molar-refractivity contribution in [2.24, 2.45) is 0 Å². The number of halogens is 1. The van der Waals surface area contributed by atoms with Crippen LogP contribution in [0.15, 0.2) is 42.7 Å². The van der Waals surface area contributed by atoms with Gasteiger partial charge in [-0.3, -0.25) is 0 Å². The third-order valence-corrected chi connectivity index (χ3v) is 6.77. The Hall–Kier alpha value is -2.04. The first-order chi connectivity index (χ1) is 14.4. The van der Waals surface area contributed by atoms with Crippen LogP contribution in [0.25, 0.3) is 11.3 Å². The number of ether oxygens (including phenoxy) is 1. The standard InChI is InChI=1S/C23H25ClNO4P/c1-13-20-17(12-30-28)19(26)11-16(14-7-9-25(2)10-8-14)22(20)29-23(21(13)27)15-5-3-4-6-18(15)24/h3-6,11,14,26-28,30H,1,7-10,12H2,2H3. The molecule has 5 nitrogen and oxygen atoms in total. The zero-order valence-corrected chi connectivity index (χ0v) is 18.5. The fourth-order valence-electron chi connectivity index (χ4n) is 4.25. The van der Waals surface area contributed by atoms with Crippen molar-refractivity contribution in [2.75, 3.05) is 20.1 Å². The minimum Gasteiger partial charge on any atom is -0.508 e. The van der Waals surface area contributed by atoms with Gasteiger partial charge in [0.1, 0.15) is 11.5 Å². The van der Waals surface area contributed by atoms with Gasteiger partial charge in [0.25, 0.3) is 0 Å². The van der Waals surface area contributed by atoms with Gasteiger partial charge in [0.05, 0.1) is 5.02 Å². The van der Waals surface area contributed by atoms with Crippen LogP contribution in [0.4, 0.5) is 0 Å². The van der Waals surface area contributed by atoms with E-state index in [-0.39, 0.29) is 38.2 Å². The molecule has 1 saturated heterocycles. The van der Waals surface area contributed by atoms with E-state index in [0.29, 0.717) is 33.0 Å². The third-order valence-electron chi connectivity index (χ3n) is 5.93. The van der Waals surface area contributed by atoms with E-state index in [2.05, 4.69) is 18.5 Å². The van der Waals surface area contributed by atoms with Gasteiger partial charge >= 0.3 is 0 Å². The highest BCUT2D eigenvalue weighted by Crippen LogP contribution is 2.51. The summed E-state index contributed by atoms with van der Waals surface area (Å²) in [4.78, 5) is 11.8. The number of hydrogen-bond donors (Lipinski definition) is 3. The first-order valence-electron chi connectivity index (χ1n) is 9.92. The molecule has 1 atom stereocenters. The van der Waals surface area contributed by atoms with Crippen molar-refractivity contribution in [1.29, 1.82) is 0 Å². The van der Waals surface area contributed by atoms with Gasteiger partial charge in [0.15, 0.2) is 11.5 Å². The van der Waals surface area contributed by atoms with Crippen molar-refractivity contribution >= 4 is 31.7 Å². The van der Waals surface area contributed by atoms with Gasteiger partial charge < -0.3 is 24.7 Å². The highest BCUT2D eigenvalue weighted by Gasteiger charge is 2.34. The monoisotopic (exact) mass is 445 g/mol. The summed E-state index contributed by atoms with van der Waals surface area (Å²) in [5.41, 5.74) is 2.95. The number of fused-ring (bicyclic) bond motifs is 1. The Morgan fingerprint density at radius 1 is 1.23 bits per heavy atom. The van der Waals surface area contributed by atoms with Gasteiger partial charge in [-0.1, -0.05) is 30.3 Å². The lowest BCUT2D eigenvalue weighted by Gasteiger charge is -2.33. The number of piperidine rings is 1. The van der Waals surface area contributed by atoms with E-state index in [1.807, 2.05) is 12.1 Å². The molecule has 158 valence electrons. The van der Waals surface area contributed by atoms with E-state index in [1.54, 1.807) is 18.2 Å². The lowest BCUT2D eigenvalue weighted by atomic mass is 9.84. The topological polar surface area (TPSA) is 73.2 Å². The SMILES string of the molecule is C=C1C(O)=C(c2ccccc2Cl)Oc2c(C3CCN(C)CC3)cc(O)c(CPO)c21. The summed E-state index contributed by atoms with van der Waals surface area (Å²) in [6.45, 7) is 6.01. The fraction of sp³-hybridized carbons (Fsp3) is 0.304. The summed E-state index contributed by atoms with van der Waals surface area (Å²) in [5.74, 6) is 1.05. The van der Waals surface area contributed by atoms with Crippen molar-refractivity contribution in [3.63, 3.8) is 0 Å². The minimum absolute atomic E-state index is 0.1000. The van der Waals surface area contributed by atoms with Crippen LogP contribution in [0.2, 0.25) is 5.02 Å². The van der Waals surface area contributed by atoms with E-state index in [1.165, 1.54) is 0 Å². The molecule has 3 N–H and O–H groups in total. The Morgan fingerprint density at radius 3 is 2.60 bits per heavy atom. The number of aromatic hydroxyl groups is 1. The second kappa shape index (κ2) is 8.60. The molecule has 0 aromatic heterocycles. The van der Waals surface area contributed by atoms with Crippen LogP contribution in [0.3, 0.4) is 0 Å². The number of hydrogen-bond acceptors (Lipinski definition) is 5. The van der Waals surface area contributed by atoms with Gasteiger partial charge in [-0.2, -0.15) is 0 Å². The molecule has 2 heterocycles. The Kier molecular flexibility index (Phi) is 6.08. The average molecular weight is 446 g/mol. The van der Waals surface area contributed by atoms with E-state index in [4.69, 9.17) is 16.3 Å². The molecule has 0 spiro atoms. The Morgan fingerprint density at radius 2 is 1.93 bits per heavy atom. The summed E-state index contributed by atoms with van der Waals surface area (Å²) < 4.78 is 6.32. The van der Waals surface area contributed by atoms with Crippen molar-refractivity contribution in [3.05, 3.63) is 69.9 Å². The zero-order chi connectivity index (χ0) is 21.4. The summed E-state index contributed by atoms with van der Waals surface area (Å²) in [6, 6.07) is 8.93. The number of phenols is 1. The van der Waals surface area contributed by atoms with Crippen LogP contribution in [0.1, 0.15) is 41.0 Å². The van der Waals surface area contributed by atoms with E-state index in [0.717, 1.165) is 31.5 Å². The number of phenolic OH excluding ortho intramolecular Hbond substituents is 1. The maximum absolute atomic E-state index is 10.9. The Bertz CT molecular complexity index is 1030. The molecule has 1 unspecified atom stereocenters. The predicted molar refractivity (Wildman–Crippen MR) is 122 cm³/mol. The molecule has 2 aliphatic rings. The molecule has 0 radical (unpaired) electrons. The molecule has 0 bridgehead atoms. The number of benzene rings is 2. The maximum atomic E-state index is 10.9. The van der Waals surface area contributed by atoms with Crippen LogP contribution in [0.5, 0.6) is 11.5 Å². The van der Waals surface area contributed by atoms with Crippen molar-refractivity contribution in [1.82, 2.24) is 4.90 Å².